The zero-order valence-corrected chi connectivity index (χ0v) is 12.9. The molecule has 2 aliphatic heterocycles. The number of piperidine rings is 1. The Labute approximate surface area is 122 Å². The molecule has 20 heavy (non-hydrogen) atoms. The molecule has 2 heterocycles. The number of rotatable bonds is 3. The Morgan fingerprint density at radius 2 is 2.25 bits per heavy atom. The van der Waals surface area contributed by atoms with Crippen molar-refractivity contribution in [2.45, 2.75) is 51.3 Å². The van der Waals surface area contributed by atoms with Crippen molar-refractivity contribution in [1.29, 1.82) is 0 Å². The normalized spacial score (nSPS) is 24.5. The Balaban J connectivity index is 1.74. The molecular formula is C17H26N2O. The number of benzene rings is 1. The van der Waals surface area contributed by atoms with E-state index in [1.165, 1.54) is 30.5 Å². The van der Waals surface area contributed by atoms with Crippen LogP contribution in [0.5, 0.6) is 5.75 Å². The van der Waals surface area contributed by atoms with Crippen LogP contribution in [0.15, 0.2) is 18.2 Å². The van der Waals surface area contributed by atoms with E-state index in [2.05, 4.69) is 49.3 Å². The maximum absolute atomic E-state index is 6.17. The van der Waals surface area contributed by atoms with Crippen molar-refractivity contribution in [3.05, 3.63) is 29.3 Å². The Morgan fingerprint density at radius 1 is 1.40 bits per heavy atom. The molecule has 1 atom stereocenters. The number of nitrogens with one attached hydrogen (secondary N) is 1. The average Bonchev–Trinajstić information content (AvgIpc) is 2.75. The van der Waals surface area contributed by atoms with Gasteiger partial charge in [-0.2, -0.15) is 0 Å². The number of fused-ring (bicyclic) bond motifs is 1. The predicted molar refractivity (Wildman–Crippen MR) is 82.2 cm³/mol. The van der Waals surface area contributed by atoms with Crippen molar-refractivity contribution >= 4 is 0 Å². The lowest BCUT2D eigenvalue weighted by atomic mass is 10.00. The summed E-state index contributed by atoms with van der Waals surface area (Å²) in [6, 6.07) is 7.24. The highest BCUT2D eigenvalue weighted by molar-refractivity contribution is 5.45. The third-order valence-electron chi connectivity index (χ3n) is 4.49. The van der Waals surface area contributed by atoms with Crippen molar-refractivity contribution in [2.75, 3.05) is 20.1 Å². The molecule has 0 bridgehead atoms. The average molecular weight is 274 g/mol. The number of nitrogens with zero attached hydrogens (tertiary/aromatic N) is 1. The molecule has 1 aromatic rings. The number of likely N-dealkylation sites (N-methyl/N-ethyl adjacent to an activating group) is 1. The lowest BCUT2D eigenvalue weighted by molar-refractivity contribution is 0.133. The summed E-state index contributed by atoms with van der Waals surface area (Å²) in [7, 11) is 2.23. The van der Waals surface area contributed by atoms with E-state index in [-0.39, 0.29) is 5.60 Å². The summed E-state index contributed by atoms with van der Waals surface area (Å²) in [4.78, 5) is 2.47. The molecule has 0 saturated carbocycles. The molecule has 0 aromatic heterocycles. The first-order chi connectivity index (χ1) is 9.55. The quantitative estimate of drug-likeness (QED) is 0.917. The van der Waals surface area contributed by atoms with Crippen molar-refractivity contribution < 1.29 is 4.74 Å². The zero-order valence-electron chi connectivity index (χ0n) is 12.9. The van der Waals surface area contributed by atoms with Crippen LogP contribution >= 0.6 is 0 Å². The molecule has 0 amide bonds. The van der Waals surface area contributed by atoms with Gasteiger partial charge in [-0.05, 0) is 45.8 Å². The van der Waals surface area contributed by atoms with Crippen molar-refractivity contribution in [1.82, 2.24) is 10.2 Å². The summed E-state index contributed by atoms with van der Waals surface area (Å²) in [5, 5.41) is 3.49. The van der Waals surface area contributed by atoms with Gasteiger partial charge in [0.2, 0.25) is 0 Å². The van der Waals surface area contributed by atoms with Gasteiger partial charge in [0, 0.05) is 31.1 Å². The maximum atomic E-state index is 6.17. The van der Waals surface area contributed by atoms with E-state index in [0.29, 0.717) is 6.04 Å². The Kier molecular flexibility index (Phi) is 3.74. The topological polar surface area (TPSA) is 24.5 Å². The maximum Gasteiger partial charge on any atom is 0.127 e. The van der Waals surface area contributed by atoms with E-state index in [4.69, 9.17) is 4.74 Å². The van der Waals surface area contributed by atoms with Gasteiger partial charge in [0.25, 0.3) is 0 Å². The van der Waals surface area contributed by atoms with Gasteiger partial charge in [0.05, 0.1) is 0 Å². The molecule has 1 N–H and O–H groups in total. The Bertz CT molecular complexity index is 478. The number of hydrogen-bond acceptors (Lipinski definition) is 3. The summed E-state index contributed by atoms with van der Waals surface area (Å²) in [5.74, 6) is 1.13. The molecule has 1 fully saturated rings. The smallest absolute Gasteiger partial charge is 0.127 e. The van der Waals surface area contributed by atoms with Crippen LogP contribution in [0.4, 0.5) is 0 Å². The lowest BCUT2D eigenvalue weighted by Crippen LogP contribution is -2.43. The van der Waals surface area contributed by atoms with Crippen LogP contribution < -0.4 is 10.1 Å². The first-order valence-electron chi connectivity index (χ1n) is 7.76. The van der Waals surface area contributed by atoms with E-state index in [0.717, 1.165) is 25.3 Å². The number of para-hydroxylation sites is 1. The van der Waals surface area contributed by atoms with Crippen LogP contribution in [0.2, 0.25) is 0 Å². The monoisotopic (exact) mass is 274 g/mol. The fourth-order valence-corrected chi connectivity index (χ4v) is 3.41. The zero-order chi connectivity index (χ0) is 14.2. The van der Waals surface area contributed by atoms with Gasteiger partial charge < -0.3 is 10.1 Å². The molecule has 1 unspecified atom stereocenters. The van der Waals surface area contributed by atoms with Crippen molar-refractivity contribution in [3.63, 3.8) is 0 Å². The molecule has 3 rings (SSSR count). The largest absolute Gasteiger partial charge is 0.487 e. The third kappa shape index (κ3) is 2.84. The molecular weight excluding hydrogens is 248 g/mol. The van der Waals surface area contributed by atoms with E-state index in [9.17, 15) is 0 Å². The molecule has 3 nitrogen and oxygen atoms in total. The van der Waals surface area contributed by atoms with Gasteiger partial charge in [-0.1, -0.05) is 18.2 Å². The van der Waals surface area contributed by atoms with E-state index in [1.54, 1.807) is 0 Å². The highest BCUT2D eigenvalue weighted by atomic mass is 16.5. The molecule has 0 radical (unpaired) electrons. The van der Waals surface area contributed by atoms with E-state index >= 15 is 0 Å². The second-order valence-electron chi connectivity index (χ2n) is 6.86. The van der Waals surface area contributed by atoms with Crippen LogP contribution in [0.25, 0.3) is 0 Å². The van der Waals surface area contributed by atoms with Gasteiger partial charge in [0.1, 0.15) is 11.4 Å². The first kappa shape index (κ1) is 13.9. The third-order valence-corrected chi connectivity index (χ3v) is 4.49. The highest BCUT2D eigenvalue weighted by Gasteiger charge is 2.32. The van der Waals surface area contributed by atoms with E-state index in [1.807, 2.05) is 0 Å². The van der Waals surface area contributed by atoms with Crippen LogP contribution in [0.3, 0.4) is 0 Å². The predicted octanol–water partition coefficient (Wildman–Crippen LogP) is 2.58. The number of ether oxygens (including phenoxy) is 1. The fraction of sp³-hybridized carbons (Fsp3) is 0.647. The minimum absolute atomic E-state index is 0.0522. The lowest BCUT2D eigenvalue weighted by Gasteiger charge is -2.32. The minimum atomic E-state index is -0.0522. The van der Waals surface area contributed by atoms with Gasteiger partial charge in [0.15, 0.2) is 0 Å². The fourth-order valence-electron chi connectivity index (χ4n) is 3.41. The van der Waals surface area contributed by atoms with Crippen LogP contribution in [-0.2, 0) is 13.0 Å². The van der Waals surface area contributed by atoms with Gasteiger partial charge >= 0.3 is 0 Å². The molecule has 110 valence electrons. The molecule has 0 spiro atoms. The minimum Gasteiger partial charge on any atom is -0.487 e. The van der Waals surface area contributed by atoms with Crippen LogP contribution in [0, 0.1) is 0 Å². The van der Waals surface area contributed by atoms with Gasteiger partial charge in [-0.15, -0.1) is 0 Å². The summed E-state index contributed by atoms with van der Waals surface area (Å²) >= 11 is 0. The van der Waals surface area contributed by atoms with Gasteiger partial charge in [-0.25, -0.2) is 0 Å². The summed E-state index contributed by atoms with van der Waals surface area (Å²) in [6.45, 7) is 7.60. The first-order valence-corrected chi connectivity index (χ1v) is 7.76. The number of hydrogen-bond donors (Lipinski definition) is 1. The van der Waals surface area contributed by atoms with Crippen LogP contribution in [0.1, 0.15) is 37.8 Å². The Hall–Kier alpha value is -1.06. The van der Waals surface area contributed by atoms with E-state index < -0.39 is 0 Å². The SMILES string of the molecule is CN(Cc1cccc2c1OC(C)(C)C2)C1CCCNC1. The molecule has 1 saturated heterocycles. The molecule has 1 aromatic carbocycles. The van der Waals surface area contributed by atoms with Crippen LogP contribution in [-0.4, -0.2) is 36.7 Å². The standard InChI is InChI=1S/C17H26N2O/c1-17(2)10-13-6-4-7-14(16(13)20-17)12-19(3)15-8-5-9-18-11-15/h4,6-7,15,18H,5,8-12H2,1-3H3. The van der Waals surface area contributed by atoms with Gasteiger partial charge in [-0.3, -0.25) is 4.90 Å². The second-order valence-corrected chi connectivity index (χ2v) is 6.86. The second kappa shape index (κ2) is 5.38. The summed E-state index contributed by atoms with van der Waals surface area (Å²) in [5.41, 5.74) is 2.65. The Morgan fingerprint density at radius 3 is 3.00 bits per heavy atom. The highest BCUT2D eigenvalue weighted by Crippen LogP contribution is 2.38. The summed E-state index contributed by atoms with van der Waals surface area (Å²) < 4.78 is 6.17. The molecule has 0 aliphatic carbocycles. The van der Waals surface area contributed by atoms with Crippen molar-refractivity contribution in [2.24, 2.45) is 0 Å². The molecule has 3 heteroatoms. The summed E-state index contributed by atoms with van der Waals surface area (Å²) in [6.07, 6.45) is 3.60. The molecule has 2 aliphatic rings. The van der Waals surface area contributed by atoms with Crippen molar-refractivity contribution in [3.8, 4) is 5.75 Å².